The Bertz CT molecular complexity index is 310. The van der Waals surface area contributed by atoms with Crippen molar-refractivity contribution in [1.82, 2.24) is 0 Å². The molecule has 6 nitrogen and oxygen atoms in total. The molecule has 2 fully saturated rings. The quantitative estimate of drug-likeness (QED) is 0.260. The van der Waals surface area contributed by atoms with Crippen LogP contribution in [0.15, 0.2) is 0 Å². The summed E-state index contributed by atoms with van der Waals surface area (Å²) in [6.07, 6.45) is 9.89. The molecule has 0 aromatic carbocycles. The van der Waals surface area contributed by atoms with Crippen LogP contribution in [0.2, 0.25) is 11.6 Å². The van der Waals surface area contributed by atoms with E-state index in [1.54, 1.807) is 0 Å². The van der Waals surface area contributed by atoms with Gasteiger partial charge in [0.05, 0.1) is 0 Å². The Morgan fingerprint density at radius 3 is 1.87 bits per heavy atom. The molecule has 0 aromatic rings. The standard InChI is InChI=1S/C15H30B2O6/c18-12-11-15(21-16(19)13-7-3-1-4-8-13)22-23-17(20)14-9-5-2-6-10-14/h13-15,18-20H,1-12H2. The monoisotopic (exact) mass is 328 g/mol. The first-order valence-electron chi connectivity index (χ1n) is 9.15. The van der Waals surface area contributed by atoms with Gasteiger partial charge in [-0.3, -0.25) is 4.81 Å². The fourth-order valence-corrected chi connectivity index (χ4v) is 3.55. The van der Waals surface area contributed by atoms with Crippen molar-refractivity contribution < 1.29 is 29.5 Å². The maximum absolute atomic E-state index is 10.2. The van der Waals surface area contributed by atoms with Gasteiger partial charge in [0.1, 0.15) is 0 Å². The second-order valence-corrected chi connectivity index (χ2v) is 6.85. The molecule has 2 aliphatic carbocycles. The molecular weight excluding hydrogens is 298 g/mol. The molecule has 132 valence electrons. The van der Waals surface area contributed by atoms with Crippen LogP contribution >= 0.6 is 0 Å². The Morgan fingerprint density at radius 2 is 1.35 bits per heavy atom. The van der Waals surface area contributed by atoms with Crippen molar-refractivity contribution in [1.29, 1.82) is 0 Å². The van der Waals surface area contributed by atoms with Gasteiger partial charge in [0.25, 0.3) is 0 Å². The molecule has 8 heteroatoms. The van der Waals surface area contributed by atoms with Gasteiger partial charge in [0, 0.05) is 13.0 Å². The van der Waals surface area contributed by atoms with Gasteiger partial charge in [-0.1, -0.05) is 64.2 Å². The maximum Gasteiger partial charge on any atom is 0.491 e. The van der Waals surface area contributed by atoms with Gasteiger partial charge in [0.2, 0.25) is 0 Å². The Balaban J connectivity index is 1.73. The van der Waals surface area contributed by atoms with E-state index in [2.05, 4.69) is 0 Å². The van der Waals surface area contributed by atoms with E-state index in [1.165, 1.54) is 12.8 Å². The first-order valence-corrected chi connectivity index (χ1v) is 9.15. The van der Waals surface area contributed by atoms with Crippen LogP contribution < -0.4 is 0 Å². The van der Waals surface area contributed by atoms with E-state index in [9.17, 15) is 10.0 Å². The molecule has 1 atom stereocenters. The Morgan fingerprint density at radius 1 is 0.826 bits per heavy atom. The first kappa shape index (κ1) is 19.2. The summed E-state index contributed by atoms with van der Waals surface area (Å²) < 4.78 is 5.51. The highest BCUT2D eigenvalue weighted by Crippen LogP contribution is 2.32. The second-order valence-electron chi connectivity index (χ2n) is 6.85. The number of aliphatic hydroxyl groups excluding tert-OH is 1. The van der Waals surface area contributed by atoms with Gasteiger partial charge in [0.15, 0.2) is 6.29 Å². The normalized spacial score (nSPS) is 22.0. The lowest BCUT2D eigenvalue weighted by Crippen LogP contribution is -2.36. The highest BCUT2D eigenvalue weighted by atomic mass is 17.2. The lowest BCUT2D eigenvalue weighted by Gasteiger charge is -2.27. The van der Waals surface area contributed by atoms with Crippen molar-refractivity contribution in [3.63, 3.8) is 0 Å². The van der Waals surface area contributed by atoms with Crippen molar-refractivity contribution >= 4 is 14.2 Å². The van der Waals surface area contributed by atoms with E-state index >= 15 is 0 Å². The van der Waals surface area contributed by atoms with Gasteiger partial charge in [-0.05, 0) is 11.6 Å². The predicted molar refractivity (Wildman–Crippen MR) is 88.4 cm³/mol. The topological polar surface area (TPSA) is 88.4 Å². The van der Waals surface area contributed by atoms with Gasteiger partial charge in [-0.15, -0.1) is 0 Å². The van der Waals surface area contributed by atoms with Gasteiger partial charge in [-0.25, -0.2) is 4.89 Å². The van der Waals surface area contributed by atoms with E-state index in [0.717, 1.165) is 51.4 Å². The van der Waals surface area contributed by atoms with Gasteiger partial charge >= 0.3 is 14.2 Å². The summed E-state index contributed by atoms with van der Waals surface area (Å²) in [5.74, 6) is 0.193. The van der Waals surface area contributed by atoms with E-state index < -0.39 is 20.5 Å². The molecule has 1 unspecified atom stereocenters. The average Bonchev–Trinajstić information content (AvgIpc) is 2.61. The smallest absolute Gasteiger partial charge is 0.427 e. The molecule has 0 aliphatic heterocycles. The number of rotatable bonds is 9. The minimum atomic E-state index is -0.980. The minimum absolute atomic E-state index is 0.0850. The summed E-state index contributed by atoms with van der Waals surface area (Å²) in [4.78, 5) is 10.3. The predicted octanol–water partition coefficient (Wildman–Crippen LogP) is 2.29. The maximum atomic E-state index is 10.2. The molecule has 0 aromatic heterocycles. The van der Waals surface area contributed by atoms with Crippen LogP contribution in [0, 0.1) is 0 Å². The van der Waals surface area contributed by atoms with Crippen LogP contribution in [0.3, 0.4) is 0 Å². The zero-order chi connectivity index (χ0) is 16.5. The van der Waals surface area contributed by atoms with Crippen LogP contribution in [0.4, 0.5) is 0 Å². The fourth-order valence-electron chi connectivity index (χ4n) is 3.55. The van der Waals surface area contributed by atoms with Crippen LogP contribution in [0.5, 0.6) is 0 Å². The van der Waals surface area contributed by atoms with Crippen molar-refractivity contribution in [3.05, 3.63) is 0 Å². The molecule has 3 N–H and O–H groups in total. The molecule has 2 saturated carbocycles. The summed E-state index contributed by atoms with van der Waals surface area (Å²) >= 11 is 0. The Kier molecular flexibility index (Phi) is 8.93. The van der Waals surface area contributed by atoms with Crippen molar-refractivity contribution in [2.24, 2.45) is 0 Å². The number of hydrogen-bond donors (Lipinski definition) is 3. The van der Waals surface area contributed by atoms with Crippen molar-refractivity contribution in [3.8, 4) is 0 Å². The molecule has 0 amide bonds. The highest BCUT2D eigenvalue weighted by molar-refractivity contribution is 6.45. The Hall–Kier alpha value is -0.110. The molecular formula is C15H30B2O6. The first-order chi connectivity index (χ1) is 11.2. The van der Waals surface area contributed by atoms with E-state index in [4.69, 9.17) is 19.5 Å². The summed E-state index contributed by atoms with van der Waals surface area (Å²) in [6, 6.07) is 0. The molecule has 23 heavy (non-hydrogen) atoms. The summed E-state index contributed by atoms with van der Waals surface area (Å²) in [7, 11) is -1.89. The van der Waals surface area contributed by atoms with Crippen LogP contribution in [0.1, 0.15) is 70.6 Å². The van der Waals surface area contributed by atoms with E-state index in [1.807, 2.05) is 0 Å². The Labute approximate surface area is 139 Å². The van der Waals surface area contributed by atoms with Crippen LogP contribution in [0.25, 0.3) is 0 Å². The zero-order valence-electron chi connectivity index (χ0n) is 13.9. The number of aliphatic hydroxyl groups is 1. The molecule has 0 bridgehead atoms. The lowest BCUT2D eigenvalue weighted by molar-refractivity contribution is -0.315. The van der Waals surface area contributed by atoms with Gasteiger partial charge < -0.3 is 19.8 Å². The van der Waals surface area contributed by atoms with Crippen molar-refractivity contribution in [2.75, 3.05) is 6.61 Å². The molecule has 0 saturated heterocycles. The van der Waals surface area contributed by atoms with Crippen LogP contribution in [-0.4, -0.2) is 42.3 Å². The fraction of sp³-hybridized carbons (Fsp3) is 1.00. The molecule has 0 spiro atoms. The highest BCUT2D eigenvalue weighted by Gasteiger charge is 2.33. The minimum Gasteiger partial charge on any atom is -0.427 e. The largest absolute Gasteiger partial charge is 0.491 e. The molecule has 0 radical (unpaired) electrons. The van der Waals surface area contributed by atoms with Crippen LogP contribution in [-0.2, 0) is 14.3 Å². The third-order valence-corrected chi connectivity index (χ3v) is 5.02. The summed E-state index contributed by atoms with van der Waals surface area (Å²) in [5.41, 5.74) is 0. The van der Waals surface area contributed by atoms with Gasteiger partial charge in [-0.2, -0.15) is 0 Å². The lowest BCUT2D eigenvalue weighted by atomic mass is 9.65. The summed E-state index contributed by atoms with van der Waals surface area (Å²) in [6.45, 7) is -0.134. The average molecular weight is 328 g/mol. The van der Waals surface area contributed by atoms with Crippen molar-refractivity contribution in [2.45, 2.75) is 88.6 Å². The third kappa shape index (κ3) is 6.72. The zero-order valence-corrected chi connectivity index (χ0v) is 13.9. The van der Waals surface area contributed by atoms with E-state index in [-0.39, 0.29) is 24.7 Å². The number of hydrogen-bond acceptors (Lipinski definition) is 6. The summed E-state index contributed by atoms with van der Waals surface area (Å²) in [5, 5.41) is 29.3. The molecule has 2 aliphatic rings. The third-order valence-electron chi connectivity index (χ3n) is 5.02. The SMILES string of the molecule is OCCC(OOB(O)C1CCCCC1)OB(O)C1CCCCC1. The molecule has 0 heterocycles. The van der Waals surface area contributed by atoms with E-state index in [0.29, 0.717) is 0 Å². The molecule has 2 rings (SSSR count). The second kappa shape index (κ2) is 10.7.